The van der Waals surface area contributed by atoms with Gasteiger partial charge in [0.25, 0.3) is 0 Å². The van der Waals surface area contributed by atoms with Crippen LogP contribution in [0.4, 0.5) is 23.7 Å². The maximum Gasteiger partial charge on any atom is 0.405 e. The van der Waals surface area contributed by atoms with Gasteiger partial charge in [0.2, 0.25) is 0 Å². The van der Waals surface area contributed by atoms with Gasteiger partial charge in [0, 0.05) is 4.47 Å². The highest BCUT2D eigenvalue weighted by Crippen LogP contribution is 2.33. The molecule has 9 heteroatoms. The summed E-state index contributed by atoms with van der Waals surface area (Å²) in [5.41, 5.74) is 0.0428. The third-order valence-corrected chi connectivity index (χ3v) is 2.75. The Balaban J connectivity index is 2.71. The van der Waals surface area contributed by atoms with Gasteiger partial charge in [-0.25, -0.2) is 4.79 Å². The summed E-state index contributed by atoms with van der Waals surface area (Å²) in [7, 11) is 0. The Morgan fingerprint density at radius 1 is 1.28 bits per heavy atom. The normalized spacial score (nSPS) is 11.2. The maximum absolute atomic E-state index is 11.9. The van der Waals surface area contributed by atoms with Crippen LogP contribution in [0.3, 0.4) is 0 Å². The van der Waals surface area contributed by atoms with Gasteiger partial charge in [-0.1, -0.05) is 39.1 Å². The molecule has 0 saturated carbocycles. The molecule has 0 radical (unpaired) electrons. The minimum atomic E-state index is -4.48. The fourth-order valence-corrected chi connectivity index (χ4v) is 2.30. The van der Waals surface area contributed by atoms with Crippen LogP contribution in [0.15, 0.2) is 16.6 Å². The second-order valence-corrected chi connectivity index (χ2v) is 4.90. The molecule has 0 aromatic heterocycles. The molecule has 1 rings (SSSR count). The Bertz CT molecular complexity index is 445. The van der Waals surface area contributed by atoms with Crippen molar-refractivity contribution in [3.63, 3.8) is 0 Å². The first kappa shape index (κ1) is 15.4. The van der Waals surface area contributed by atoms with Crippen LogP contribution < -0.4 is 10.6 Å². The molecule has 18 heavy (non-hydrogen) atoms. The predicted molar refractivity (Wildman–Crippen MR) is 67.2 cm³/mol. The van der Waals surface area contributed by atoms with E-state index in [2.05, 4.69) is 21.2 Å². The third-order valence-electron chi connectivity index (χ3n) is 1.69. The SMILES string of the molecule is O=C(NCC(F)(F)F)Nc1c(Cl)cc(Br)cc1Cl. The molecule has 100 valence electrons. The summed E-state index contributed by atoms with van der Waals surface area (Å²) in [6, 6.07) is 1.86. The van der Waals surface area contributed by atoms with Crippen molar-refractivity contribution in [3.8, 4) is 0 Å². The van der Waals surface area contributed by atoms with E-state index >= 15 is 0 Å². The van der Waals surface area contributed by atoms with Crippen molar-refractivity contribution in [1.82, 2.24) is 5.32 Å². The Labute approximate surface area is 119 Å². The number of nitrogens with one attached hydrogen (secondary N) is 2. The number of halogens is 6. The van der Waals surface area contributed by atoms with E-state index in [0.717, 1.165) is 0 Å². The zero-order valence-corrected chi connectivity index (χ0v) is 11.6. The van der Waals surface area contributed by atoms with Gasteiger partial charge >= 0.3 is 12.2 Å². The topological polar surface area (TPSA) is 41.1 Å². The second-order valence-electron chi connectivity index (χ2n) is 3.17. The van der Waals surface area contributed by atoms with Crippen molar-refractivity contribution < 1.29 is 18.0 Å². The zero-order valence-electron chi connectivity index (χ0n) is 8.54. The molecule has 0 bridgehead atoms. The highest BCUT2D eigenvalue weighted by atomic mass is 79.9. The van der Waals surface area contributed by atoms with E-state index < -0.39 is 18.8 Å². The van der Waals surface area contributed by atoms with E-state index in [4.69, 9.17) is 23.2 Å². The molecule has 0 aliphatic rings. The van der Waals surface area contributed by atoms with Crippen LogP contribution in [0.5, 0.6) is 0 Å². The van der Waals surface area contributed by atoms with Gasteiger partial charge in [0.05, 0.1) is 15.7 Å². The van der Waals surface area contributed by atoms with E-state index in [1.54, 1.807) is 5.32 Å². The highest BCUT2D eigenvalue weighted by molar-refractivity contribution is 9.10. The van der Waals surface area contributed by atoms with Crippen molar-refractivity contribution in [2.75, 3.05) is 11.9 Å². The van der Waals surface area contributed by atoms with E-state index in [1.165, 1.54) is 12.1 Å². The van der Waals surface area contributed by atoms with Gasteiger partial charge < -0.3 is 10.6 Å². The Kier molecular flexibility index (Phi) is 5.12. The van der Waals surface area contributed by atoms with Crippen molar-refractivity contribution >= 4 is 50.9 Å². The fraction of sp³-hybridized carbons (Fsp3) is 0.222. The van der Waals surface area contributed by atoms with Crippen LogP contribution in [0, 0.1) is 0 Å². The number of rotatable bonds is 2. The molecule has 1 aromatic carbocycles. The number of anilines is 1. The van der Waals surface area contributed by atoms with Crippen LogP contribution in [0.25, 0.3) is 0 Å². The first-order valence-corrected chi connectivity index (χ1v) is 6.00. The van der Waals surface area contributed by atoms with Crippen molar-refractivity contribution in [2.45, 2.75) is 6.18 Å². The summed E-state index contributed by atoms with van der Waals surface area (Å²) >= 11 is 14.7. The number of alkyl halides is 3. The summed E-state index contributed by atoms with van der Waals surface area (Å²) in [6.45, 7) is -1.44. The Morgan fingerprint density at radius 2 is 1.78 bits per heavy atom. The molecule has 1 aromatic rings. The summed E-state index contributed by atoms with van der Waals surface area (Å²) in [6.07, 6.45) is -4.48. The minimum Gasteiger partial charge on any atom is -0.329 e. The molecule has 2 N–H and O–H groups in total. The molecule has 0 spiro atoms. The number of urea groups is 1. The molecule has 0 aliphatic heterocycles. The number of hydrogen-bond acceptors (Lipinski definition) is 1. The fourth-order valence-electron chi connectivity index (χ4n) is 1.000. The molecule has 0 saturated heterocycles. The lowest BCUT2D eigenvalue weighted by Gasteiger charge is -2.12. The van der Waals surface area contributed by atoms with Crippen LogP contribution in [-0.4, -0.2) is 18.8 Å². The second kappa shape index (κ2) is 5.99. The number of benzene rings is 1. The van der Waals surface area contributed by atoms with E-state index in [0.29, 0.717) is 4.47 Å². The van der Waals surface area contributed by atoms with Crippen LogP contribution >= 0.6 is 39.1 Å². The van der Waals surface area contributed by atoms with Gasteiger partial charge in [-0.2, -0.15) is 13.2 Å². The quantitative estimate of drug-likeness (QED) is 0.799. The average molecular weight is 366 g/mol. The molecule has 0 aliphatic carbocycles. The van der Waals surface area contributed by atoms with E-state index in [-0.39, 0.29) is 15.7 Å². The van der Waals surface area contributed by atoms with Crippen LogP contribution in [-0.2, 0) is 0 Å². The van der Waals surface area contributed by atoms with Gasteiger partial charge in [-0.05, 0) is 12.1 Å². The Morgan fingerprint density at radius 3 is 2.22 bits per heavy atom. The molecule has 0 fully saturated rings. The summed E-state index contributed by atoms with van der Waals surface area (Å²) in [5, 5.41) is 4.00. The molecular formula is C9H6BrCl2F3N2O. The first-order chi connectivity index (χ1) is 8.19. The Hall–Kier alpha value is -0.660. The lowest BCUT2D eigenvalue weighted by Crippen LogP contribution is -2.36. The predicted octanol–water partition coefficient (Wildman–Crippen LogP) is 4.44. The maximum atomic E-state index is 11.9. The van der Waals surface area contributed by atoms with E-state index in [1.807, 2.05) is 0 Å². The van der Waals surface area contributed by atoms with Gasteiger partial charge in [0.1, 0.15) is 6.54 Å². The lowest BCUT2D eigenvalue weighted by atomic mass is 10.3. The molecular weight excluding hydrogens is 360 g/mol. The summed E-state index contributed by atoms with van der Waals surface area (Å²) in [5.74, 6) is 0. The smallest absolute Gasteiger partial charge is 0.329 e. The van der Waals surface area contributed by atoms with Crippen molar-refractivity contribution in [1.29, 1.82) is 0 Å². The van der Waals surface area contributed by atoms with Crippen LogP contribution in [0.1, 0.15) is 0 Å². The van der Waals surface area contributed by atoms with Gasteiger partial charge in [-0.3, -0.25) is 0 Å². The molecule has 0 unspecified atom stereocenters. The molecule has 2 amide bonds. The van der Waals surface area contributed by atoms with Crippen molar-refractivity contribution in [2.24, 2.45) is 0 Å². The summed E-state index contributed by atoms with van der Waals surface area (Å²) in [4.78, 5) is 11.2. The number of carbonyl (C=O) groups is 1. The lowest BCUT2D eigenvalue weighted by molar-refractivity contribution is -0.122. The third kappa shape index (κ3) is 4.91. The molecule has 0 heterocycles. The summed E-state index contributed by atoms with van der Waals surface area (Å²) < 4.78 is 36.2. The van der Waals surface area contributed by atoms with Gasteiger partial charge in [-0.15, -0.1) is 0 Å². The van der Waals surface area contributed by atoms with Crippen molar-refractivity contribution in [3.05, 3.63) is 26.7 Å². The zero-order chi connectivity index (χ0) is 13.9. The average Bonchev–Trinajstić information content (AvgIpc) is 2.19. The number of hydrogen-bond donors (Lipinski definition) is 2. The number of amides is 2. The van der Waals surface area contributed by atoms with E-state index in [9.17, 15) is 18.0 Å². The largest absolute Gasteiger partial charge is 0.405 e. The monoisotopic (exact) mass is 364 g/mol. The molecule has 3 nitrogen and oxygen atoms in total. The minimum absolute atomic E-state index is 0.0428. The molecule has 0 atom stereocenters. The number of carbonyl (C=O) groups excluding carboxylic acids is 1. The van der Waals surface area contributed by atoms with Gasteiger partial charge in [0.15, 0.2) is 0 Å². The van der Waals surface area contributed by atoms with Crippen LogP contribution in [0.2, 0.25) is 10.0 Å². The standard InChI is InChI=1S/C9H6BrCl2F3N2O/c10-4-1-5(11)7(6(12)2-4)17-8(18)16-3-9(13,14)15/h1-2H,3H2,(H2,16,17,18). The first-order valence-electron chi connectivity index (χ1n) is 4.45. The highest BCUT2D eigenvalue weighted by Gasteiger charge is 2.27.